The number of nitrogens with zero attached hydrogens (tertiary/aromatic N) is 1. The van der Waals surface area contributed by atoms with E-state index in [1.165, 1.54) is 23.8 Å². The van der Waals surface area contributed by atoms with Crippen LogP contribution in [0.4, 0.5) is 0 Å². The smallest absolute Gasteiger partial charge is 0.305 e. The van der Waals surface area contributed by atoms with Crippen LogP contribution in [0.25, 0.3) is 6.08 Å². The molecule has 2 aromatic rings. The molecule has 0 saturated carbocycles. The number of hydrogen-bond acceptors (Lipinski definition) is 7. The molecule has 0 radical (unpaired) electrons. The molecule has 1 aliphatic heterocycles. The predicted molar refractivity (Wildman–Crippen MR) is 133 cm³/mol. The van der Waals surface area contributed by atoms with E-state index in [-0.39, 0.29) is 18.3 Å². The predicted octanol–water partition coefficient (Wildman–Crippen LogP) is 5.19. The Labute approximate surface area is 205 Å². The lowest BCUT2D eigenvalue weighted by molar-refractivity contribution is -0.141. The number of thioether (sulfide) groups is 1. The zero-order valence-electron chi connectivity index (χ0n) is 17.6. The highest BCUT2D eigenvalue weighted by Crippen LogP contribution is 2.35. The number of carbonyl (C=O) groups excluding carboxylic acids is 2. The minimum atomic E-state index is -0.305. The van der Waals surface area contributed by atoms with Crippen LogP contribution in [0.3, 0.4) is 0 Å². The summed E-state index contributed by atoms with van der Waals surface area (Å²) in [7, 11) is 2.92. The van der Waals surface area contributed by atoms with E-state index < -0.39 is 0 Å². The molecule has 0 bridgehead atoms. The molecule has 0 unspecified atom stereocenters. The molecule has 0 aliphatic carbocycles. The Hall–Kier alpha value is -2.36. The first-order chi connectivity index (χ1) is 15.4. The number of amides is 1. The molecule has 1 saturated heterocycles. The summed E-state index contributed by atoms with van der Waals surface area (Å²) in [6.45, 7) is 0.780. The molecule has 3 rings (SSSR count). The maximum Gasteiger partial charge on any atom is 0.305 e. The summed E-state index contributed by atoms with van der Waals surface area (Å²) >= 11 is 10.0. The number of halogens is 1. The zero-order valence-corrected chi connectivity index (χ0v) is 20.8. The summed E-state index contributed by atoms with van der Waals surface area (Å²) in [5.74, 6) is 0.710. The van der Waals surface area contributed by atoms with E-state index in [1.807, 2.05) is 42.5 Å². The Morgan fingerprint density at radius 2 is 2.00 bits per heavy atom. The van der Waals surface area contributed by atoms with E-state index in [9.17, 15) is 9.59 Å². The van der Waals surface area contributed by atoms with E-state index in [2.05, 4.69) is 20.7 Å². The molecule has 9 heteroatoms. The van der Waals surface area contributed by atoms with Crippen molar-refractivity contribution < 1.29 is 23.8 Å². The summed E-state index contributed by atoms with van der Waals surface area (Å²) in [6, 6.07) is 13.4. The normalized spacial score (nSPS) is 14.7. The van der Waals surface area contributed by atoms with Gasteiger partial charge in [-0.2, -0.15) is 0 Å². The molecule has 0 N–H and O–H groups in total. The van der Waals surface area contributed by atoms with Gasteiger partial charge < -0.3 is 14.2 Å². The number of benzene rings is 2. The summed E-state index contributed by atoms with van der Waals surface area (Å²) in [5.41, 5.74) is 1.83. The molecule has 0 aromatic heterocycles. The van der Waals surface area contributed by atoms with Crippen LogP contribution in [0.5, 0.6) is 11.5 Å². The van der Waals surface area contributed by atoms with E-state index >= 15 is 0 Å². The van der Waals surface area contributed by atoms with Gasteiger partial charge in [-0.15, -0.1) is 0 Å². The zero-order chi connectivity index (χ0) is 23.1. The van der Waals surface area contributed by atoms with Crippen molar-refractivity contribution in [2.24, 2.45) is 0 Å². The van der Waals surface area contributed by atoms with Gasteiger partial charge in [-0.05, 0) is 47.9 Å². The second-order valence-corrected chi connectivity index (χ2v) is 9.43. The minimum Gasteiger partial charge on any atom is -0.493 e. The molecule has 0 atom stereocenters. The first kappa shape index (κ1) is 24.3. The van der Waals surface area contributed by atoms with Crippen molar-refractivity contribution in [2.75, 3.05) is 20.8 Å². The Bertz CT molecular complexity index is 1060. The molecule has 2 aromatic carbocycles. The van der Waals surface area contributed by atoms with Crippen molar-refractivity contribution in [3.8, 4) is 11.5 Å². The van der Waals surface area contributed by atoms with Crippen LogP contribution in [-0.4, -0.2) is 41.9 Å². The molecule has 1 heterocycles. The minimum absolute atomic E-state index is 0.168. The van der Waals surface area contributed by atoms with Gasteiger partial charge in [0.25, 0.3) is 5.91 Å². The lowest BCUT2D eigenvalue weighted by Crippen LogP contribution is -2.29. The number of ether oxygens (including phenoxy) is 3. The second-order valence-electron chi connectivity index (χ2n) is 6.84. The molecular weight excluding hydrogens is 514 g/mol. The van der Waals surface area contributed by atoms with Crippen LogP contribution in [0, 0.1) is 0 Å². The van der Waals surface area contributed by atoms with Gasteiger partial charge in [0.15, 0.2) is 11.5 Å². The lowest BCUT2D eigenvalue weighted by Gasteiger charge is -2.13. The fraction of sp³-hybridized carbons (Fsp3) is 0.261. The maximum absolute atomic E-state index is 12.7. The number of thiocarbonyl (C=S) groups is 1. The molecule has 6 nitrogen and oxygen atoms in total. The average molecular weight is 536 g/mol. The summed E-state index contributed by atoms with van der Waals surface area (Å²) < 4.78 is 17.5. The SMILES string of the molecule is COC(=O)CCCN1C(=O)/C(=C\c2ccc(OCc3cccc(Br)c3)c(OC)c2)SC1=S. The Kier molecular flexibility index (Phi) is 8.72. The third kappa shape index (κ3) is 6.34. The number of methoxy groups -OCH3 is 2. The van der Waals surface area contributed by atoms with Crippen LogP contribution in [0.1, 0.15) is 24.0 Å². The van der Waals surface area contributed by atoms with Crippen molar-refractivity contribution in [3.63, 3.8) is 0 Å². The fourth-order valence-electron chi connectivity index (χ4n) is 3.01. The van der Waals surface area contributed by atoms with E-state index in [1.54, 1.807) is 13.2 Å². The summed E-state index contributed by atoms with van der Waals surface area (Å²) in [6.07, 6.45) is 2.51. The van der Waals surface area contributed by atoms with Crippen molar-refractivity contribution >= 4 is 62.2 Å². The fourth-order valence-corrected chi connectivity index (χ4v) is 4.76. The van der Waals surface area contributed by atoms with Gasteiger partial charge in [-0.3, -0.25) is 14.5 Å². The number of esters is 1. The summed E-state index contributed by atoms with van der Waals surface area (Å²) in [4.78, 5) is 26.1. The first-order valence-electron chi connectivity index (χ1n) is 9.78. The van der Waals surface area contributed by atoms with Crippen molar-refractivity contribution in [2.45, 2.75) is 19.4 Å². The molecule has 32 heavy (non-hydrogen) atoms. The highest BCUT2D eigenvalue weighted by Gasteiger charge is 2.31. The quantitative estimate of drug-likeness (QED) is 0.248. The standard InChI is InChI=1S/C23H22BrNO5S2/c1-28-19-12-15(8-9-18(19)30-14-16-5-3-6-17(24)11-16)13-20-22(27)25(23(31)32-20)10-4-7-21(26)29-2/h3,5-6,8-9,11-13H,4,7,10,14H2,1-2H3/b20-13+. The van der Waals surface area contributed by atoms with E-state index in [0.717, 1.165) is 15.6 Å². The monoisotopic (exact) mass is 535 g/mol. The van der Waals surface area contributed by atoms with Crippen molar-refractivity contribution in [1.82, 2.24) is 4.90 Å². The third-order valence-corrected chi connectivity index (χ3v) is 6.50. The molecule has 1 amide bonds. The average Bonchev–Trinajstić information content (AvgIpc) is 3.05. The van der Waals surface area contributed by atoms with Gasteiger partial charge in [0.2, 0.25) is 0 Å². The van der Waals surface area contributed by atoms with Crippen LogP contribution in [-0.2, 0) is 20.9 Å². The molecule has 1 aliphatic rings. The van der Waals surface area contributed by atoms with Crippen LogP contribution >= 0.6 is 39.9 Å². The van der Waals surface area contributed by atoms with Gasteiger partial charge in [-0.25, -0.2) is 0 Å². The molecule has 0 spiro atoms. The first-order valence-corrected chi connectivity index (χ1v) is 11.8. The van der Waals surface area contributed by atoms with E-state index in [4.69, 9.17) is 21.7 Å². The highest BCUT2D eigenvalue weighted by molar-refractivity contribution is 9.10. The van der Waals surface area contributed by atoms with Crippen molar-refractivity contribution in [3.05, 3.63) is 63.0 Å². The Balaban J connectivity index is 1.68. The lowest BCUT2D eigenvalue weighted by atomic mass is 10.1. The summed E-state index contributed by atoms with van der Waals surface area (Å²) in [5, 5.41) is 0. The largest absolute Gasteiger partial charge is 0.493 e. The molecule has 1 fully saturated rings. The second kappa shape index (κ2) is 11.5. The van der Waals surface area contributed by atoms with Gasteiger partial charge in [0.05, 0.1) is 19.1 Å². The van der Waals surface area contributed by atoms with Gasteiger partial charge in [0.1, 0.15) is 10.9 Å². The van der Waals surface area contributed by atoms with Crippen molar-refractivity contribution in [1.29, 1.82) is 0 Å². The number of carbonyl (C=O) groups is 2. The van der Waals surface area contributed by atoms with Gasteiger partial charge in [-0.1, -0.05) is 58.1 Å². The topological polar surface area (TPSA) is 65.1 Å². The number of hydrogen-bond donors (Lipinski definition) is 0. The van der Waals surface area contributed by atoms with Crippen LogP contribution in [0.2, 0.25) is 0 Å². The van der Waals surface area contributed by atoms with Crippen LogP contribution < -0.4 is 9.47 Å². The van der Waals surface area contributed by atoms with Gasteiger partial charge >= 0.3 is 5.97 Å². The number of rotatable bonds is 9. The maximum atomic E-state index is 12.7. The third-order valence-electron chi connectivity index (χ3n) is 4.63. The molecular formula is C23H22BrNO5S2. The molecule has 168 valence electrons. The highest BCUT2D eigenvalue weighted by atomic mass is 79.9. The van der Waals surface area contributed by atoms with Crippen LogP contribution in [0.15, 0.2) is 51.8 Å². The van der Waals surface area contributed by atoms with Gasteiger partial charge in [0, 0.05) is 17.4 Å². The Morgan fingerprint density at radius 1 is 1.19 bits per heavy atom. The van der Waals surface area contributed by atoms with E-state index in [0.29, 0.717) is 40.3 Å². The Morgan fingerprint density at radius 3 is 2.72 bits per heavy atom.